The molecule has 0 aromatic heterocycles. The molecule has 0 aliphatic heterocycles. The lowest BCUT2D eigenvalue weighted by Gasteiger charge is -1.99. The molecule has 0 saturated carbocycles. The van der Waals surface area contributed by atoms with Gasteiger partial charge in [0.05, 0.1) is 0 Å². The maximum absolute atomic E-state index is 10.3. The topological polar surface area (TPSA) is 37.3 Å². The van der Waals surface area contributed by atoms with Crippen LogP contribution in [0.5, 0.6) is 0 Å². The first-order chi connectivity index (χ1) is 8.27. The number of unbranched alkanes of at least 4 members (excludes halogenated alkanes) is 6. The Hall–Kier alpha value is -1.05. The third-order valence-corrected chi connectivity index (χ3v) is 2.69. The van der Waals surface area contributed by atoms with Gasteiger partial charge >= 0.3 is 5.97 Å². The summed E-state index contributed by atoms with van der Waals surface area (Å²) >= 11 is 0. The van der Waals surface area contributed by atoms with E-state index in [1.807, 2.05) is 6.92 Å². The van der Waals surface area contributed by atoms with Crippen molar-refractivity contribution in [3.63, 3.8) is 0 Å². The van der Waals surface area contributed by atoms with E-state index in [0.29, 0.717) is 6.42 Å². The summed E-state index contributed by atoms with van der Waals surface area (Å²) in [6.45, 7) is 2.04. The summed E-state index contributed by atoms with van der Waals surface area (Å²) < 4.78 is 0. The lowest BCUT2D eigenvalue weighted by Crippen LogP contribution is -1.93. The van der Waals surface area contributed by atoms with E-state index in [2.05, 4.69) is 24.3 Å². The number of hydrogen-bond donors (Lipinski definition) is 1. The van der Waals surface area contributed by atoms with Crippen LogP contribution in [0.25, 0.3) is 0 Å². The van der Waals surface area contributed by atoms with Crippen LogP contribution in [0.1, 0.15) is 64.7 Å². The lowest BCUT2D eigenvalue weighted by atomic mass is 10.1. The highest BCUT2D eigenvalue weighted by atomic mass is 16.4. The van der Waals surface area contributed by atoms with E-state index in [4.69, 9.17) is 5.11 Å². The predicted molar refractivity (Wildman–Crippen MR) is 73.1 cm³/mol. The maximum atomic E-state index is 10.3. The number of allylic oxidation sites excluding steroid dienone is 4. The molecule has 0 aromatic rings. The van der Waals surface area contributed by atoms with E-state index in [-0.39, 0.29) is 0 Å². The largest absolute Gasteiger partial charge is 0.481 e. The first-order valence-electron chi connectivity index (χ1n) is 6.75. The summed E-state index contributed by atoms with van der Waals surface area (Å²) in [5.41, 5.74) is 0. The van der Waals surface area contributed by atoms with Gasteiger partial charge in [-0.25, -0.2) is 0 Å². The third-order valence-electron chi connectivity index (χ3n) is 2.69. The molecule has 0 atom stereocenters. The lowest BCUT2D eigenvalue weighted by molar-refractivity contribution is -0.137. The van der Waals surface area contributed by atoms with Crippen molar-refractivity contribution in [3.8, 4) is 0 Å². The van der Waals surface area contributed by atoms with Gasteiger partial charge in [-0.2, -0.15) is 0 Å². The summed E-state index contributed by atoms with van der Waals surface area (Å²) in [5, 5.41) is 8.46. The van der Waals surface area contributed by atoms with Gasteiger partial charge in [0.2, 0.25) is 0 Å². The number of carboxylic acid groups (broad SMARTS) is 1. The van der Waals surface area contributed by atoms with Crippen LogP contribution >= 0.6 is 0 Å². The van der Waals surface area contributed by atoms with Gasteiger partial charge in [0.25, 0.3) is 0 Å². The molecule has 0 unspecified atom stereocenters. The minimum Gasteiger partial charge on any atom is -0.481 e. The zero-order chi connectivity index (χ0) is 12.8. The van der Waals surface area contributed by atoms with Crippen LogP contribution in [-0.2, 0) is 4.79 Å². The van der Waals surface area contributed by atoms with Crippen LogP contribution in [0.15, 0.2) is 24.3 Å². The monoisotopic (exact) mass is 238 g/mol. The molecule has 0 bridgehead atoms. The maximum Gasteiger partial charge on any atom is 0.303 e. The number of aliphatic carboxylic acids is 1. The van der Waals surface area contributed by atoms with Gasteiger partial charge in [0.1, 0.15) is 0 Å². The summed E-state index contributed by atoms with van der Waals surface area (Å²) in [4.78, 5) is 10.3. The first kappa shape index (κ1) is 16.0. The SMILES string of the molecule is C/C=C\C/C=C\CCCCCCCCC(=O)O. The zero-order valence-corrected chi connectivity index (χ0v) is 11.0. The fourth-order valence-corrected chi connectivity index (χ4v) is 1.67. The minimum atomic E-state index is -0.670. The molecular formula is C15H26O2. The van der Waals surface area contributed by atoms with Gasteiger partial charge in [0.15, 0.2) is 0 Å². The molecule has 0 heterocycles. The molecule has 0 amide bonds. The molecule has 0 aliphatic rings. The molecule has 1 N–H and O–H groups in total. The molecule has 0 spiro atoms. The fourth-order valence-electron chi connectivity index (χ4n) is 1.67. The van der Waals surface area contributed by atoms with Crippen molar-refractivity contribution in [1.29, 1.82) is 0 Å². The predicted octanol–water partition coefficient (Wildman–Crippen LogP) is 4.71. The van der Waals surface area contributed by atoms with E-state index < -0.39 is 5.97 Å². The molecule has 0 saturated heterocycles. The number of hydrogen-bond acceptors (Lipinski definition) is 1. The van der Waals surface area contributed by atoms with Gasteiger partial charge in [-0.15, -0.1) is 0 Å². The van der Waals surface area contributed by atoms with Crippen LogP contribution in [-0.4, -0.2) is 11.1 Å². The van der Waals surface area contributed by atoms with Gasteiger partial charge in [-0.1, -0.05) is 50.0 Å². The smallest absolute Gasteiger partial charge is 0.303 e. The normalized spacial score (nSPS) is 11.6. The van der Waals surface area contributed by atoms with E-state index in [0.717, 1.165) is 19.3 Å². The van der Waals surface area contributed by atoms with Crippen LogP contribution in [0.2, 0.25) is 0 Å². The van der Waals surface area contributed by atoms with Crippen LogP contribution < -0.4 is 0 Å². The molecule has 0 radical (unpaired) electrons. The number of carbonyl (C=O) groups is 1. The van der Waals surface area contributed by atoms with Crippen molar-refractivity contribution >= 4 is 5.97 Å². The Labute approximate surface area is 105 Å². The highest BCUT2D eigenvalue weighted by molar-refractivity contribution is 5.66. The van der Waals surface area contributed by atoms with Gasteiger partial charge in [-0.05, 0) is 32.6 Å². The van der Waals surface area contributed by atoms with Gasteiger partial charge < -0.3 is 5.11 Å². The number of rotatable bonds is 11. The Morgan fingerprint density at radius 3 is 2.24 bits per heavy atom. The molecular weight excluding hydrogens is 212 g/mol. The highest BCUT2D eigenvalue weighted by Gasteiger charge is 1.95. The van der Waals surface area contributed by atoms with Crippen LogP contribution in [0.4, 0.5) is 0 Å². The molecule has 0 aromatic carbocycles. The van der Waals surface area contributed by atoms with Crippen molar-refractivity contribution in [1.82, 2.24) is 0 Å². The Morgan fingerprint density at radius 1 is 0.941 bits per heavy atom. The van der Waals surface area contributed by atoms with E-state index in [9.17, 15) is 4.79 Å². The quantitative estimate of drug-likeness (QED) is 0.418. The standard InChI is InChI=1S/C15H26O2/c1-2-3-4-5-6-7-8-9-10-11-12-13-14-15(16)17/h2-3,5-6H,4,7-14H2,1H3,(H,16,17)/b3-2-,6-5-. The minimum absolute atomic E-state index is 0.327. The second-order valence-electron chi connectivity index (χ2n) is 4.33. The molecule has 0 aliphatic carbocycles. The highest BCUT2D eigenvalue weighted by Crippen LogP contribution is 2.09. The average Bonchev–Trinajstić information content (AvgIpc) is 2.30. The van der Waals surface area contributed by atoms with Crippen molar-refractivity contribution in [2.45, 2.75) is 64.7 Å². The summed E-state index contributed by atoms with van der Waals surface area (Å²) in [5.74, 6) is -0.670. The molecule has 2 heteroatoms. The van der Waals surface area contributed by atoms with Crippen molar-refractivity contribution < 1.29 is 9.90 Å². The summed E-state index contributed by atoms with van der Waals surface area (Å²) in [6.07, 6.45) is 18.1. The molecule has 0 rings (SSSR count). The number of carboxylic acids is 1. The second-order valence-corrected chi connectivity index (χ2v) is 4.33. The Balaban J connectivity index is 3.08. The Bertz CT molecular complexity index is 229. The van der Waals surface area contributed by atoms with E-state index in [1.54, 1.807) is 0 Å². The molecule has 17 heavy (non-hydrogen) atoms. The summed E-state index contributed by atoms with van der Waals surface area (Å²) in [6, 6.07) is 0. The second kappa shape index (κ2) is 13.0. The molecule has 2 nitrogen and oxygen atoms in total. The van der Waals surface area contributed by atoms with E-state index >= 15 is 0 Å². The van der Waals surface area contributed by atoms with Crippen LogP contribution in [0.3, 0.4) is 0 Å². The molecule has 0 fully saturated rings. The van der Waals surface area contributed by atoms with Crippen molar-refractivity contribution in [3.05, 3.63) is 24.3 Å². The van der Waals surface area contributed by atoms with Crippen molar-refractivity contribution in [2.24, 2.45) is 0 Å². The fraction of sp³-hybridized carbons (Fsp3) is 0.667. The average molecular weight is 238 g/mol. The van der Waals surface area contributed by atoms with Crippen LogP contribution in [0, 0.1) is 0 Å². The van der Waals surface area contributed by atoms with Gasteiger partial charge in [0, 0.05) is 6.42 Å². The van der Waals surface area contributed by atoms with Gasteiger partial charge in [-0.3, -0.25) is 4.79 Å². The first-order valence-corrected chi connectivity index (χ1v) is 6.75. The Morgan fingerprint density at radius 2 is 1.59 bits per heavy atom. The Kier molecular flexibility index (Phi) is 12.2. The van der Waals surface area contributed by atoms with Crippen molar-refractivity contribution in [2.75, 3.05) is 0 Å². The third kappa shape index (κ3) is 14.9. The molecule has 98 valence electrons. The van der Waals surface area contributed by atoms with E-state index in [1.165, 1.54) is 32.1 Å². The zero-order valence-electron chi connectivity index (χ0n) is 11.0. The summed E-state index contributed by atoms with van der Waals surface area (Å²) in [7, 11) is 0.